The second kappa shape index (κ2) is 15.9. The summed E-state index contributed by atoms with van der Waals surface area (Å²) in [7, 11) is 0. The van der Waals surface area contributed by atoms with Gasteiger partial charge in [-0.3, -0.25) is 29.3 Å². The molecule has 1 amide bonds. The van der Waals surface area contributed by atoms with Crippen molar-refractivity contribution in [3.05, 3.63) is 112 Å². The molecular weight excluding hydrogens is 618 g/mol. The van der Waals surface area contributed by atoms with Gasteiger partial charge in [-0.1, -0.05) is 60.5 Å². The van der Waals surface area contributed by atoms with Crippen molar-refractivity contribution in [1.29, 1.82) is 0 Å². The van der Waals surface area contributed by atoms with Gasteiger partial charge in [0.05, 0.1) is 17.3 Å². The van der Waals surface area contributed by atoms with E-state index >= 15 is 0 Å². The zero-order valence-electron chi connectivity index (χ0n) is 26.2. The van der Waals surface area contributed by atoms with E-state index in [1.54, 1.807) is 36.7 Å². The fraction of sp³-hybridized carbons (Fsp3) is 0.306. The number of aliphatic hydroxyl groups is 1. The van der Waals surface area contributed by atoms with E-state index in [2.05, 4.69) is 20.6 Å². The summed E-state index contributed by atoms with van der Waals surface area (Å²) >= 11 is 6.83. The van der Waals surface area contributed by atoms with Crippen LogP contribution in [0.25, 0.3) is 11.1 Å². The Balaban J connectivity index is 1.26. The van der Waals surface area contributed by atoms with E-state index in [-0.39, 0.29) is 24.5 Å². The molecule has 1 saturated heterocycles. The molecule has 0 bridgehead atoms. The number of likely N-dealkylation sites (tertiary alicyclic amines) is 1. The molecule has 0 spiro atoms. The van der Waals surface area contributed by atoms with Crippen LogP contribution < -0.4 is 10.6 Å². The highest BCUT2D eigenvalue weighted by molar-refractivity contribution is 6.36. The number of carbonyl (C=O) groups is 3. The van der Waals surface area contributed by atoms with Gasteiger partial charge in [0.1, 0.15) is 17.4 Å². The molecule has 0 unspecified atom stereocenters. The lowest BCUT2D eigenvalue weighted by Gasteiger charge is -2.32. The first-order valence-electron chi connectivity index (χ1n) is 15.7. The zero-order valence-corrected chi connectivity index (χ0v) is 27.0. The Labute approximate surface area is 278 Å². The molecule has 1 atom stereocenters. The van der Waals surface area contributed by atoms with Gasteiger partial charge in [-0.15, -0.1) is 0 Å². The van der Waals surface area contributed by atoms with Gasteiger partial charge in [-0.05, 0) is 72.3 Å². The predicted molar refractivity (Wildman–Crippen MR) is 181 cm³/mol. The quantitative estimate of drug-likeness (QED) is 0.111. The van der Waals surface area contributed by atoms with Gasteiger partial charge in [0.25, 0.3) is 5.91 Å². The first-order chi connectivity index (χ1) is 22.7. The SMILES string of the molecule is Cc1c(CC(=O)c2ccc(CN3CCCC[C@H]3C(=O)O)cn2)cccc1-c1cccc(NC(=O)c2ccc(CNCCO)cn2)c1Cl. The van der Waals surface area contributed by atoms with E-state index in [1.807, 2.05) is 48.2 Å². The van der Waals surface area contributed by atoms with Crippen molar-refractivity contribution < 1.29 is 24.6 Å². The van der Waals surface area contributed by atoms with Gasteiger partial charge in [0.2, 0.25) is 0 Å². The molecule has 2 aromatic carbocycles. The molecule has 1 aliphatic rings. The van der Waals surface area contributed by atoms with Crippen LogP contribution in [-0.4, -0.2) is 68.5 Å². The summed E-state index contributed by atoms with van der Waals surface area (Å²) in [6.45, 7) is 4.19. The molecule has 11 heteroatoms. The summed E-state index contributed by atoms with van der Waals surface area (Å²) in [6, 6.07) is 17.6. The molecule has 0 saturated carbocycles. The summed E-state index contributed by atoms with van der Waals surface area (Å²) in [5.74, 6) is -1.33. The van der Waals surface area contributed by atoms with Crippen LogP contribution in [0, 0.1) is 6.92 Å². The van der Waals surface area contributed by atoms with E-state index in [1.165, 1.54) is 0 Å². The van der Waals surface area contributed by atoms with Crippen molar-refractivity contribution in [2.45, 2.75) is 51.7 Å². The zero-order chi connectivity index (χ0) is 33.3. The number of benzene rings is 2. The number of pyridine rings is 2. The van der Waals surface area contributed by atoms with Gasteiger partial charge < -0.3 is 20.8 Å². The van der Waals surface area contributed by atoms with Gasteiger partial charge in [-0.2, -0.15) is 0 Å². The van der Waals surface area contributed by atoms with Crippen molar-refractivity contribution in [2.24, 2.45) is 0 Å². The van der Waals surface area contributed by atoms with Crippen LogP contribution in [0.4, 0.5) is 5.69 Å². The maximum absolute atomic E-state index is 13.3. The van der Waals surface area contributed by atoms with Crippen LogP contribution in [-0.2, 0) is 24.3 Å². The topological polar surface area (TPSA) is 145 Å². The smallest absolute Gasteiger partial charge is 0.320 e. The average molecular weight is 656 g/mol. The van der Waals surface area contributed by atoms with Crippen molar-refractivity contribution in [3.63, 3.8) is 0 Å². The minimum absolute atomic E-state index is 0.0425. The maximum atomic E-state index is 13.3. The van der Waals surface area contributed by atoms with Crippen molar-refractivity contribution >= 4 is 34.9 Å². The number of hydrogen-bond donors (Lipinski definition) is 4. The normalized spacial score (nSPS) is 14.9. The number of halogens is 1. The predicted octanol–water partition coefficient (Wildman–Crippen LogP) is 5.30. The van der Waals surface area contributed by atoms with E-state index < -0.39 is 17.9 Å². The van der Waals surface area contributed by atoms with Crippen molar-refractivity contribution in [1.82, 2.24) is 20.2 Å². The van der Waals surface area contributed by atoms with Crippen LogP contribution in [0.2, 0.25) is 5.02 Å². The average Bonchev–Trinajstić information content (AvgIpc) is 3.07. The number of nitrogens with one attached hydrogen (secondary N) is 2. The van der Waals surface area contributed by atoms with Gasteiger partial charge >= 0.3 is 5.97 Å². The lowest BCUT2D eigenvalue weighted by Crippen LogP contribution is -2.44. The largest absolute Gasteiger partial charge is 0.480 e. The first kappa shape index (κ1) is 33.9. The number of amides is 1. The molecule has 3 heterocycles. The standard InChI is InChI=1S/C36H38ClN5O5/c1-23-26(18-33(44)29-13-12-25(21-39-29)22-42-16-3-2-10-32(42)36(46)47)6-4-7-27(23)28-8-5-9-30(34(28)37)41-35(45)31-14-11-24(20-40-31)19-38-15-17-43/h4-9,11-14,20-21,32,38,43H,2-3,10,15-19,22H2,1H3,(H,41,45)(H,46,47)/t32-/m0/s1. The summed E-state index contributed by atoms with van der Waals surface area (Å²) in [5.41, 5.74) is 6.06. The van der Waals surface area contributed by atoms with Crippen LogP contribution in [0.1, 0.15) is 62.5 Å². The van der Waals surface area contributed by atoms with Gasteiger partial charge in [0.15, 0.2) is 5.78 Å². The van der Waals surface area contributed by atoms with E-state index in [0.29, 0.717) is 42.5 Å². The number of nitrogens with zero attached hydrogens (tertiary/aromatic N) is 3. The minimum Gasteiger partial charge on any atom is -0.480 e. The summed E-state index contributed by atoms with van der Waals surface area (Å²) in [4.78, 5) is 48.5. The number of ketones is 1. The third-order valence-corrected chi connectivity index (χ3v) is 8.81. The second-order valence-corrected chi connectivity index (χ2v) is 12.0. The van der Waals surface area contributed by atoms with Gasteiger partial charge in [0, 0.05) is 44.0 Å². The lowest BCUT2D eigenvalue weighted by molar-refractivity contribution is -0.144. The fourth-order valence-corrected chi connectivity index (χ4v) is 6.08. The van der Waals surface area contributed by atoms with E-state index in [0.717, 1.165) is 52.8 Å². The number of piperidine rings is 1. The highest BCUT2D eigenvalue weighted by Crippen LogP contribution is 2.36. The molecule has 10 nitrogen and oxygen atoms in total. The molecule has 1 aliphatic heterocycles. The van der Waals surface area contributed by atoms with Crippen molar-refractivity contribution in [2.75, 3.05) is 25.0 Å². The monoisotopic (exact) mass is 655 g/mol. The Morgan fingerprint density at radius 2 is 1.66 bits per heavy atom. The highest BCUT2D eigenvalue weighted by atomic mass is 35.5. The number of Topliss-reactive ketones (excluding diaryl/α,β-unsaturated/α-hetero) is 1. The van der Waals surface area contributed by atoms with E-state index in [4.69, 9.17) is 16.7 Å². The number of rotatable bonds is 13. The van der Waals surface area contributed by atoms with Crippen LogP contribution in [0.3, 0.4) is 0 Å². The number of carboxylic acids is 1. The first-order valence-corrected chi connectivity index (χ1v) is 16.0. The van der Waals surface area contributed by atoms with Crippen molar-refractivity contribution in [3.8, 4) is 11.1 Å². The molecule has 47 heavy (non-hydrogen) atoms. The molecule has 244 valence electrons. The number of aliphatic carboxylic acids is 1. The van der Waals surface area contributed by atoms with Crippen LogP contribution in [0.5, 0.6) is 0 Å². The number of aliphatic hydroxyl groups excluding tert-OH is 1. The molecule has 2 aromatic heterocycles. The number of hydrogen-bond acceptors (Lipinski definition) is 8. The van der Waals surface area contributed by atoms with E-state index in [9.17, 15) is 19.5 Å². The number of carboxylic acid groups (broad SMARTS) is 1. The number of anilines is 1. The summed E-state index contributed by atoms with van der Waals surface area (Å²) in [5, 5.41) is 24.8. The lowest BCUT2D eigenvalue weighted by atomic mass is 9.93. The third-order valence-electron chi connectivity index (χ3n) is 8.40. The van der Waals surface area contributed by atoms with Crippen LogP contribution >= 0.6 is 11.6 Å². The summed E-state index contributed by atoms with van der Waals surface area (Å²) in [6.07, 6.45) is 5.93. The Morgan fingerprint density at radius 1 is 0.936 bits per heavy atom. The number of carbonyl (C=O) groups excluding carboxylic acids is 2. The molecule has 0 aliphatic carbocycles. The summed E-state index contributed by atoms with van der Waals surface area (Å²) < 4.78 is 0. The minimum atomic E-state index is -0.803. The molecule has 4 N–H and O–H groups in total. The molecule has 5 rings (SSSR count). The maximum Gasteiger partial charge on any atom is 0.320 e. The Bertz CT molecular complexity index is 1730. The molecule has 0 radical (unpaired) electrons. The Hall–Kier alpha value is -4.48. The molecule has 1 fully saturated rings. The highest BCUT2D eigenvalue weighted by Gasteiger charge is 2.28. The number of aromatic nitrogens is 2. The third kappa shape index (κ3) is 8.47. The fourth-order valence-electron chi connectivity index (χ4n) is 5.81. The Morgan fingerprint density at radius 3 is 2.38 bits per heavy atom. The molecule has 4 aromatic rings. The van der Waals surface area contributed by atoms with Gasteiger partial charge in [-0.25, -0.2) is 0 Å². The molecular formula is C36H38ClN5O5. The van der Waals surface area contributed by atoms with Crippen LogP contribution in [0.15, 0.2) is 73.1 Å². The Kier molecular flexibility index (Phi) is 11.4. The second-order valence-electron chi connectivity index (χ2n) is 11.6.